The zero-order valence-electron chi connectivity index (χ0n) is 14.6. The van der Waals surface area contributed by atoms with Crippen molar-refractivity contribution in [2.75, 3.05) is 16.4 Å². The van der Waals surface area contributed by atoms with Gasteiger partial charge in [-0.3, -0.25) is 4.79 Å². The van der Waals surface area contributed by atoms with Gasteiger partial charge in [-0.25, -0.2) is 8.42 Å². The highest BCUT2D eigenvalue weighted by molar-refractivity contribution is 8.16. The zero-order chi connectivity index (χ0) is 19.9. The van der Waals surface area contributed by atoms with E-state index in [-0.39, 0.29) is 35.1 Å². The number of carbonyl (C=O) groups is 1. The minimum absolute atomic E-state index is 0.0281. The third-order valence-corrected chi connectivity index (χ3v) is 8.45. The van der Waals surface area contributed by atoms with E-state index in [9.17, 15) is 13.2 Å². The number of nitrogens with zero attached hydrogens (tertiary/aromatic N) is 2. The fourth-order valence-corrected chi connectivity index (χ4v) is 7.69. The number of hydrogen-bond donors (Lipinski definition) is 0. The summed E-state index contributed by atoms with van der Waals surface area (Å²) in [5.41, 5.74) is 1.48. The molecule has 0 bridgehead atoms. The number of hydrogen-bond acceptors (Lipinski definition) is 4. The van der Waals surface area contributed by atoms with Gasteiger partial charge in [-0.05, 0) is 29.8 Å². The van der Waals surface area contributed by atoms with Gasteiger partial charge in [0, 0.05) is 10.3 Å². The molecular formula is C19H16Cl2N2O3S2. The van der Waals surface area contributed by atoms with Crippen LogP contribution in [0.5, 0.6) is 0 Å². The molecule has 5 nitrogen and oxygen atoms in total. The highest BCUT2D eigenvalue weighted by atomic mass is 35.5. The van der Waals surface area contributed by atoms with E-state index in [1.165, 1.54) is 11.8 Å². The third kappa shape index (κ3) is 4.08. The molecule has 2 aliphatic rings. The number of para-hydroxylation sites is 1. The van der Waals surface area contributed by atoms with E-state index in [4.69, 9.17) is 23.2 Å². The van der Waals surface area contributed by atoms with Crippen LogP contribution in [0.1, 0.15) is 5.56 Å². The molecule has 146 valence electrons. The lowest BCUT2D eigenvalue weighted by atomic mass is 10.1. The molecule has 2 aliphatic heterocycles. The molecule has 0 saturated carbocycles. The zero-order valence-corrected chi connectivity index (χ0v) is 17.7. The van der Waals surface area contributed by atoms with Gasteiger partial charge >= 0.3 is 0 Å². The van der Waals surface area contributed by atoms with Crippen LogP contribution >= 0.6 is 35.0 Å². The summed E-state index contributed by atoms with van der Waals surface area (Å²) in [6.45, 7) is 0. The Morgan fingerprint density at radius 1 is 1.11 bits per heavy atom. The molecule has 2 heterocycles. The van der Waals surface area contributed by atoms with Crippen LogP contribution in [0.25, 0.3) is 0 Å². The highest BCUT2D eigenvalue weighted by Crippen LogP contribution is 2.42. The normalized spacial score (nSPS) is 24.5. The number of thioether (sulfide) groups is 1. The van der Waals surface area contributed by atoms with Crippen LogP contribution in [0, 0.1) is 0 Å². The van der Waals surface area contributed by atoms with Crippen molar-refractivity contribution in [1.29, 1.82) is 0 Å². The van der Waals surface area contributed by atoms with E-state index in [0.29, 0.717) is 20.9 Å². The summed E-state index contributed by atoms with van der Waals surface area (Å²) in [5, 5.41) is 1.43. The Hall–Kier alpha value is -1.54. The van der Waals surface area contributed by atoms with Gasteiger partial charge in [0.05, 0.1) is 34.7 Å². The molecule has 28 heavy (non-hydrogen) atoms. The van der Waals surface area contributed by atoms with Crippen LogP contribution in [-0.2, 0) is 21.1 Å². The summed E-state index contributed by atoms with van der Waals surface area (Å²) in [7, 11) is -3.12. The molecule has 0 aromatic heterocycles. The number of anilines is 1. The summed E-state index contributed by atoms with van der Waals surface area (Å²) in [4.78, 5) is 18.7. The highest BCUT2D eigenvalue weighted by Gasteiger charge is 2.49. The Kier molecular flexibility index (Phi) is 5.44. The lowest BCUT2D eigenvalue weighted by Crippen LogP contribution is -2.38. The first-order chi connectivity index (χ1) is 13.3. The molecule has 0 spiro atoms. The van der Waals surface area contributed by atoms with Gasteiger partial charge in [-0.1, -0.05) is 59.2 Å². The molecule has 4 rings (SSSR count). The van der Waals surface area contributed by atoms with Crippen molar-refractivity contribution in [3.63, 3.8) is 0 Å². The topological polar surface area (TPSA) is 66.8 Å². The monoisotopic (exact) mass is 454 g/mol. The van der Waals surface area contributed by atoms with E-state index in [2.05, 4.69) is 4.99 Å². The number of halogens is 2. The molecule has 2 saturated heterocycles. The maximum Gasteiger partial charge on any atom is 0.252 e. The van der Waals surface area contributed by atoms with Crippen molar-refractivity contribution >= 4 is 61.6 Å². The maximum atomic E-state index is 12.6. The van der Waals surface area contributed by atoms with Gasteiger partial charge in [-0.15, -0.1) is 0 Å². The Morgan fingerprint density at radius 2 is 1.82 bits per heavy atom. The summed E-state index contributed by atoms with van der Waals surface area (Å²) in [6.07, 6.45) is 0.144. The van der Waals surface area contributed by atoms with Gasteiger partial charge in [0.15, 0.2) is 15.0 Å². The Balaban J connectivity index is 1.65. The smallest absolute Gasteiger partial charge is 0.252 e. The SMILES string of the molecule is O=C(Cc1ccc(Cl)cc1)N=C1S[C@@H]2CS(=O)(=O)C[C@@H]2N1c1ccccc1Cl. The molecule has 0 radical (unpaired) electrons. The predicted octanol–water partition coefficient (Wildman–Crippen LogP) is 3.84. The Bertz CT molecular complexity index is 1060. The first kappa shape index (κ1) is 19.8. The maximum absolute atomic E-state index is 12.6. The van der Waals surface area contributed by atoms with Gasteiger partial charge in [-0.2, -0.15) is 4.99 Å². The van der Waals surface area contributed by atoms with Crippen molar-refractivity contribution in [1.82, 2.24) is 0 Å². The molecule has 2 fully saturated rings. The molecule has 2 aromatic rings. The molecule has 2 aromatic carbocycles. The van der Waals surface area contributed by atoms with E-state index in [1.807, 2.05) is 17.0 Å². The van der Waals surface area contributed by atoms with Crippen molar-refractivity contribution < 1.29 is 13.2 Å². The first-order valence-electron chi connectivity index (χ1n) is 8.59. The van der Waals surface area contributed by atoms with E-state index in [0.717, 1.165) is 5.56 Å². The van der Waals surface area contributed by atoms with Gasteiger partial charge < -0.3 is 4.90 Å². The molecule has 1 amide bonds. The summed E-state index contributed by atoms with van der Waals surface area (Å²) in [5.74, 6) is -0.196. The predicted molar refractivity (Wildman–Crippen MR) is 115 cm³/mol. The number of rotatable bonds is 3. The molecule has 0 unspecified atom stereocenters. The standard InChI is InChI=1S/C19H16Cl2N2O3S2/c20-13-7-5-12(6-8-13)9-18(24)22-19-23(15-4-2-1-3-14(15)21)16-10-28(25,26)11-17(16)27-19/h1-8,16-17H,9-11H2/t16-,17+/m0/s1. The number of benzene rings is 2. The fourth-order valence-electron chi connectivity index (χ4n) is 3.42. The summed E-state index contributed by atoms with van der Waals surface area (Å²) < 4.78 is 24.2. The average molecular weight is 455 g/mol. The molecule has 0 aliphatic carbocycles. The van der Waals surface area contributed by atoms with Crippen LogP contribution in [0.15, 0.2) is 53.5 Å². The van der Waals surface area contributed by atoms with Crippen LogP contribution in [-0.4, -0.2) is 42.3 Å². The molecular weight excluding hydrogens is 439 g/mol. The Morgan fingerprint density at radius 3 is 2.54 bits per heavy atom. The minimum atomic E-state index is -3.12. The average Bonchev–Trinajstić information content (AvgIpc) is 3.08. The van der Waals surface area contributed by atoms with E-state index in [1.54, 1.807) is 36.4 Å². The van der Waals surface area contributed by atoms with Crippen LogP contribution in [0.4, 0.5) is 5.69 Å². The number of fused-ring (bicyclic) bond motifs is 1. The second-order valence-corrected chi connectivity index (χ2v) is 10.9. The fraction of sp³-hybridized carbons (Fsp3) is 0.263. The van der Waals surface area contributed by atoms with E-state index >= 15 is 0 Å². The molecule has 0 N–H and O–H groups in total. The summed E-state index contributed by atoms with van der Waals surface area (Å²) in [6, 6.07) is 13.9. The van der Waals surface area contributed by atoms with Crippen LogP contribution in [0.3, 0.4) is 0 Å². The minimum Gasteiger partial charge on any atom is -0.314 e. The molecule has 9 heteroatoms. The first-order valence-corrected chi connectivity index (χ1v) is 12.0. The van der Waals surface area contributed by atoms with Crippen molar-refractivity contribution in [3.8, 4) is 0 Å². The van der Waals surface area contributed by atoms with Crippen LogP contribution < -0.4 is 4.90 Å². The van der Waals surface area contributed by atoms with Gasteiger partial charge in [0.1, 0.15) is 0 Å². The molecule has 2 atom stereocenters. The third-order valence-electron chi connectivity index (χ3n) is 4.67. The van der Waals surface area contributed by atoms with Crippen LogP contribution in [0.2, 0.25) is 10.0 Å². The number of amides is 1. The second kappa shape index (κ2) is 7.71. The number of sulfone groups is 1. The second-order valence-electron chi connectivity index (χ2n) is 6.71. The van der Waals surface area contributed by atoms with Crippen molar-refractivity contribution in [2.24, 2.45) is 4.99 Å². The number of amidine groups is 1. The largest absolute Gasteiger partial charge is 0.314 e. The number of carbonyl (C=O) groups excluding carboxylic acids is 1. The quantitative estimate of drug-likeness (QED) is 0.704. The number of aliphatic imine (C=N–C) groups is 1. The summed E-state index contributed by atoms with van der Waals surface area (Å²) >= 11 is 13.6. The Labute approximate surface area is 177 Å². The van der Waals surface area contributed by atoms with E-state index < -0.39 is 9.84 Å². The lowest BCUT2D eigenvalue weighted by molar-refractivity contribution is -0.117. The van der Waals surface area contributed by atoms with Crippen molar-refractivity contribution in [2.45, 2.75) is 17.7 Å². The van der Waals surface area contributed by atoms with Crippen molar-refractivity contribution in [3.05, 3.63) is 64.1 Å². The van der Waals surface area contributed by atoms with Gasteiger partial charge in [0.2, 0.25) is 0 Å². The van der Waals surface area contributed by atoms with Gasteiger partial charge in [0.25, 0.3) is 5.91 Å². The lowest BCUT2D eigenvalue weighted by Gasteiger charge is -2.25.